The molecule has 4 aromatic rings. The first kappa shape index (κ1) is 33.1. The average molecular weight is 551 g/mol. The zero-order chi connectivity index (χ0) is 27.8. The Morgan fingerprint density at radius 1 is 0.634 bits per heavy atom. The smallest absolute Gasteiger partial charge is 0.333 e. The van der Waals surface area contributed by atoms with Gasteiger partial charge >= 0.3 is 5.97 Å². The predicted molar refractivity (Wildman–Crippen MR) is 173 cm³/mol. The zero-order valence-corrected chi connectivity index (χ0v) is 23.4. The van der Waals surface area contributed by atoms with Crippen molar-refractivity contribution in [3.8, 4) is 5.75 Å². The summed E-state index contributed by atoms with van der Waals surface area (Å²) >= 11 is 0. The summed E-state index contributed by atoms with van der Waals surface area (Å²) < 4.78 is 11.9. The van der Waals surface area contributed by atoms with Gasteiger partial charge in [-0.15, -0.1) is 0 Å². The van der Waals surface area contributed by atoms with Crippen LogP contribution in [-0.2, 0) is 9.53 Å². The molecule has 0 fully saturated rings. The van der Waals surface area contributed by atoms with Crippen LogP contribution in [0.3, 0.4) is 0 Å². The molecule has 0 aliphatic rings. The predicted octanol–water partition coefficient (Wildman–Crippen LogP) is 9.91. The fourth-order valence-electron chi connectivity index (χ4n) is 4.94. The second-order valence-corrected chi connectivity index (χ2v) is 10.2. The second-order valence-electron chi connectivity index (χ2n) is 10.2. The van der Waals surface area contributed by atoms with E-state index in [0.717, 1.165) is 16.9 Å². The highest BCUT2D eigenvalue weighted by molar-refractivity contribution is 5.86. The molecule has 0 aliphatic carbocycles. The molecule has 4 rings (SSSR count). The van der Waals surface area contributed by atoms with Crippen molar-refractivity contribution in [1.82, 2.24) is 0 Å². The Balaban J connectivity index is 0.00000294. The average Bonchev–Trinajstić information content (AvgIpc) is 2.99. The summed E-state index contributed by atoms with van der Waals surface area (Å²) in [5.41, 5.74) is 7.60. The van der Waals surface area contributed by atoms with E-state index >= 15 is 0 Å². The maximum atomic E-state index is 12.0. The number of hydrogen-bond acceptors (Lipinski definition) is 3. The minimum atomic E-state index is -0.401. The molecule has 0 aliphatic heterocycles. The van der Waals surface area contributed by atoms with Gasteiger partial charge in [-0.1, -0.05) is 145 Å². The summed E-state index contributed by atoms with van der Waals surface area (Å²) in [7, 11) is 0. The fraction of sp³-hybridized carbons (Fsp3) is 0.289. The van der Waals surface area contributed by atoms with Crippen LogP contribution in [0, 0.1) is 0 Å². The largest absolute Gasteiger partial charge is 0.489 e. The van der Waals surface area contributed by atoms with E-state index in [-0.39, 0.29) is 45.8 Å². The molecule has 0 bridgehead atoms. The summed E-state index contributed by atoms with van der Waals surface area (Å²) in [5.74, 6) is 0.868. The molecule has 0 heterocycles. The number of hydrogen-bond donors (Lipinski definition) is 0. The van der Waals surface area contributed by atoms with Gasteiger partial charge in [-0.05, 0) is 29.2 Å². The molecule has 0 aromatic heterocycles. The first-order chi connectivity index (χ1) is 18.9. The molecular weight excluding hydrogens is 504 g/mol. The number of rotatable bonds is 11. The summed E-state index contributed by atoms with van der Waals surface area (Å²) in [4.78, 5) is 12.0. The van der Waals surface area contributed by atoms with Crippen molar-refractivity contribution in [1.29, 1.82) is 0 Å². The van der Waals surface area contributed by atoms with E-state index in [1.807, 2.05) is 12.1 Å². The van der Waals surface area contributed by atoms with E-state index in [1.165, 1.54) is 22.3 Å². The zero-order valence-electron chi connectivity index (χ0n) is 23.4. The summed E-state index contributed by atoms with van der Waals surface area (Å²) in [5, 5.41) is 0. The van der Waals surface area contributed by atoms with Gasteiger partial charge in [0.2, 0.25) is 0 Å². The number of carbonyl (C=O) groups excluding carboxylic acids is 1. The van der Waals surface area contributed by atoms with Crippen molar-refractivity contribution >= 4 is 5.97 Å². The Kier molecular flexibility index (Phi) is 12.6. The maximum absolute atomic E-state index is 12.0. The van der Waals surface area contributed by atoms with Crippen molar-refractivity contribution < 1.29 is 14.3 Å². The van der Waals surface area contributed by atoms with E-state index in [2.05, 4.69) is 118 Å². The molecular formula is C38H46O3. The van der Waals surface area contributed by atoms with Gasteiger partial charge < -0.3 is 9.47 Å². The highest BCUT2D eigenvalue weighted by Crippen LogP contribution is 2.42. The molecule has 0 amide bonds. The number of benzene rings is 4. The summed E-state index contributed by atoms with van der Waals surface area (Å²) in [6.45, 7) is 12.5. The van der Waals surface area contributed by atoms with Crippen LogP contribution in [0.15, 0.2) is 115 Å². The minimum Gasteiger partial charge on any atom is -0.489 e. The van der Waals surface area contributed by atoms with Crippen molar-refractivity contribution in [3.05, 3.63) is 149 Å². The van der Waals surface area contributed by atoms with Crippen LogP contribution in [-0.4, -0.2) is 19.2 Å². The SMILES string of the molecule is C.C.C=C(C)C(=O)OCCOc1c(C(C)c2ccccc2)cc(C(C)c2ccccc2)cc1C(C)c1ccccc1. The Hall–Kier alpha value is -4.11. The highest BCUT2D eigenvalue weighted by Gasteiger charge is 2.24. The molecule has 3 nitrogen and oxygen atoms in total. The van der Waals surface area contributed by atoms with E-state index < -0.39 is 5.97 Å². The van der Waals surface area contributed by atoms with Gasteiger partial charge in [0.1, 0.15) is 19.0 Å². The molecule has 0 N–H and O–H groups in total. The molecule has 0 spiro atoms. The van der Waals surface area contributed by atoms with Crippen molar-refractivity contribution in [2.45, 2.75) is 60.3 Å². The van der Waals surface area contributed by atoms with Crippen molar-refractivity contribution in [3.63, 3.8) is 0 Å². The van der Waals surface area contributed by atoms with Gasteiger partial charge in [-0.3, -0.25) is 0 Å². The monoisotopic (exact) mass is 550 g/mol. The third kappa shape index (κ3) is 8.20. The first-order valence-electron chi connectivity index (χ1n) is 13.6. The van der Waals surface area contributed by atoms with Crippen LogP contribution in [0.4, 0.5) is 0 Å². The lowest BCUT2D eigenvalue weighted by atomic mass is 9.81. The Morgan fingerprint density at radius 3 is 1.41 bits per heavy atom. The molecule has 3 heteroatoms. The third-order valence-electron chi connectivity index (χ3n) is 7.41. The second kappa shape index (κ2) is 15.6. The van der Waals surface area contributed by atoms with Gasteiger partial charge in [0.25, 0.3) is 0 Å². The molecule has 0 radical (unpaired) electrons. The Bertz CT molecular complexity index is 1310. The van der Waals surface area contributed by atoms with Crippen LogP contribution in [0.5, 0.6) is 5.75 Å². The maximum Gasteiger partial charge on any atom is 0.333 e. The van der Waals surface area contributed by atoms with Crippen LogP contribution in [0.25, 0.3) is 0 Å². The van der Waals surface area contributed by atoms with Crippen LogP contribution in [0.1, 0.15) is 93.7 Å². The van der Waals surface area contributed by atoms with Crippen molar-refractivity contribution in [2.75, 3.05) is 13.2 Å². The van der Waals surface area contributed by atoms with Crippen LogP contribution in [0.2, 0.25) is 0 Å². The van der Waals surface area contributed by atoms with Gasteiger partial charge in [-0.25, -0.2) is 4.79 Å². The summed E-state index contributed by atoms with van der Waals surface area (Å²) in [6, 6.07) is 36.3. The van der Waals surface area contributed by atoms with Gasteiger partial charge in [0.05, 0.1) is 0 Å². The van der Waals surface area contributed by atoms with Gasteiger partial charge in [0, 0.05) is 34.5 Å². The molecule has 0 saturated carbocycles. The van der Waals surface area contributed by atoms with E-state index in [9.17, 15) is 4.79 Å². The lowest BCUT2D eigenvalue weighted by molar-refractivity contribution is -0.139. The molecule has 3 unspecified atom stereocenters. The number of ether oxygens (including phenoxy) is 2. The Labute approximate surface area is 247 Å². The van der Waals surface area contributed by atoms with Gasteiger partial charge in [-0.2, -0.15) is 0 Å². The molecule has 216 valence electrons. The highest BCUT2D eigenvalue weighted by atomic mass is 16.6. The van der Waals surface area contributed by atoms with Crippen molar-refractivity contribution in [2.24, 2.45) is 0 Å². The lowest BCUT2D eigenvalue weighted by Gasteiger charge is -2.26. The molecule has 4 aromatic carbocycles. The molecule has 41 heavy (non-hydrogen) atoms. The first-order valence-corrected chi connectivity index (χ1v) is 13.6. The lowest BCUT2D eigenvalue weighted by Crippen LogP contribution is -2.15. The fourth-order valence-corrected chi connectivity index (χ4v) is 4.94. The van der Waals surface area contributed by atoms with Crippen LogP contribution < -0.4 is 4.74 Å². The number of esters is 1. The Morgan fingerprint density at radius 2 is 1.02 bits per heavy atom. The van der Waals surface area contributed by atoms with Crippen LogP contribution >= 0.6 is 0 Å². The normalized spacial score (nSPS) is 12.6. The standard InChI is InChI=1S/C36H38O3.2CH4/c1-25(2)36(37)39-22-21-38-35-33(27(4)30-17-11-7-12-18-30)23-32(26(3)29-15-9-6-10-16-29)24-34(35)28(5)31-19-13-8-14-20-31;;/h6-20,23-24,26-28H,1,21-22H2,2-5H3;2*1H4. The quantitative estimate of drug-likeness (QED) is 0.106. The third-order valence-corrected chi connectivity index (χ3v) is 7.41. The van der Waals surface area contributed by atoms with Gasteiger partial charge in [0.15, 0.2) is 0 Å². The van der Waals surface area contributed by atoms with E-state index in [0.29, 0.717) is 5.57 Å². The van der Waals surface area contributed by atoms with E-state index in [1.54, 1.807) is 6.92 Å². The summed E-state index contributed by atoms with van der Waals surface area (Å²) in [6.07, 6.45) is 0. The van der Waals surface area contributed by atoms with E-state index in [4.69, 9.17) is 9.47 Å². The topological polar surface area (TPSA) is 35.5 Å². The molecule has 3 atom stereocenters. The molecule has 0 saturated heterocycles. The number of carbonyl (C=O) groups is 1. The minimum absolute atomic E-state index is 0.